The molecule has 0 aliphatic carbocycles. The number of aliphatic hydroxyl groups is 1. The molecule has 1 saturated heterocycles. The van der Waals surface area contributed by atoms with Crippen LogP contribution < -0.4 is 5.73 Å². The highest BCUT2D eigenvalue weighted by Crippen LogP contribution is 2.29. The van der Waals surface area contributed by atoms with Crippen LogP contribution in [0, 0.1) is 0 Å². The third-order valence-corrected chi connectivity index (χ3v) is 4.72. The van der Waals surface area contributed by atoms with Crippen LogP contribution in [0.5, 0.6) is 0 Å². The van der Waals surface area contributed by atoms with Crippen molar-refractivity contribution in [2.24, 2.45) is 5.73 Å². The first-order valence-electron chi connectivity index (χ1n) is 9.76. The minimum absolute atomic E-state index is 0.0252. The Morgan fingerprint density at radius 2 is 1.44 bits per heavy atom. The van der Waals surface area contributed by atoms with E-state index in [1.165, 1.54) is 0 Å². The predicted molar refractivity (Wildman–Crippen MR) is 108 cm³/mol. The van der Waals surface area contributed by atoms with Gasteiger partial charge in [-0.3, -0.25) is 0 Å². The lowest BCUT2D eigenvalue weighted by Gasteiger charge is -2.25. The zero-order valence-corrected chi connectivity index (χ0v) is 17.0. The van der Waals surface area contributed by atoms with Crippen LogP contribution in [0.1, 0.15) is 11.1 Å². The highest BCUT2D eigenvalue weighted by molar-refractivity contribution is 5.84. The number of benzene rings is 2. The zero-order valence-electron chi connectivity index (χ0n) is 17.0. The molecule has 10 nitrogen and oxygen atoms in total. The van der Waals surface area contributed by atoms with Crippen molar-refractivity contribution >= 4 is 18.3 Å². The van der Waals surface area contributed by atoms with Gasteiger partial charge in [-0.15, -0.1) is 0 Å². The molecule has 170 valence electrons. The largest absolute Gasteiger partial charge is 0.509 e. The van der Waals surface area contributed by atoms with E-state index in [1.807, 2.05) is 6.07 Å². The summed E-state index contributed by atoms with van der Waals surface area (Å²) in [7, 11) is 0. The quantitative estimate of drug-likeness (QED) is 0.455. The van der Waals surface area contributed by atoms with Crippen LogP contribution in [0.25, 0.3) is 0 Å². The van der Waals surface area contributed by atoms with Gasteiger partial charge in [-0.05, 0) is 11.1 Å². The number of cyclic esters (lactones) is 1. The Labute approximate surface area is 183 Å². The molecule has 0 aromatic heterocycles. The van der Waals surface area contributed by atoms with Crippen LogP contribution in [-0.2, 0) is 41.7 Å². The van der Waals surface area contributed by atoms with Gasteiger partial charge in [0.15, 0.2) is 12.2 Å². The van der Waals surface area contributed by atoms with Crippen molar-refractivity contribution < 1.29 is 43.2 Å². The molecule has 0 spiro atoms. The Morgan fingerprint density at radius 1 is 0.906 bits per heavy atom. The Hall–Kier alpha value is -3.63. The van der Waals surface area contributed by atoms with Gasteiger partial charge >= 0.3 is 18.3 Å². The Balaban J connectivity index is 1.55. The Kier molecular flexibility index (Phi) is 7.63. The number of carbonyl (C=O) groups is 3. The molecule has 3 N–H and O–H groups in total. The number of carbonyl (C=O) groups excluding carboxylic acids is 3. The molecule has 2 aromatic carbocycles. The molecule has 32 heavy (non-hydrogen) atoms. The van der Waals surface area contributed by atoms with Gasteiger partial charge in [0.2, 0.25) is 5.60 Å². The SMILES string of the molecule is NC[C@@]1(O)C(=O)O[C@H](COC(=O)OCc2ccccc2)[C@H]1OC(=O)OCc1ccccc1. The molecule has 0 saturated carbocycles. The fourth-order valence-corrected chi connectivity index (χ4v) is 2.98. The predicted octanol–water partition coefficient (Wildman–Crippen LogP) is 1.68. The van der Waals surface area contributed by atoms with E-state index in [2.05, 4.69) is 0 Å². The molecule has 1 aliphatic rings. The van der Waals surface area contributed by atoms with E-state index in [0.29, 0.717) is 5.56 Å². The molecule has 10 heteroatoms. The average Bonchev–Trinajstić information content (AvgIpc) is 3.06. The molecule has 2 aromatic rings. The second-order valence-corrected chi connectivity index (χ2v) is 6.97. The van der Waals surface area contributed by atoms with E-state index in [-0.39, 0.29) is 13.2 Å². The normalized spacial score (nSPS) is 22.0. The fourth-order valence-electron chi connectivity index (χ4n) is 2.98. The summed E-state index contributed by atoms with van der Waals surface area (Å²) in [6.45, 7) is -1.23. The molecule has 1 fully saturated rings. The van der Waals surface area contributed by atoms with E-state index in [0.717, 1.165) is 5.56 Å². The molecule has 1 aliphatic heterocycles. The summed E-state index contributed by atoms with van der Waals surface area (Å²) in [5, 5.41) is 10.5. The van der Waals surface area contributed by atoms with Crippen LogP contribution in [-0.4, -0.2) is 54.3 Å². The number of rotatable bonds is 8. The third-order valence-electron chi connectivity index (χ3n) is 4.72. The average molecular weight is 445 g/mol. The van der Waals surface area contributed by atoms with Crippen molar-refractivity contribution in [2.75, 3.05) is 13.2 Å². The van der Waals surface area contributed by atoms with Gasteiger partial charge in [0.25, 0.3) is 0 Å². The second-order valence-electron chi connectivity index (χ2n) is 6.97. The van der Waals surface area contributed by atoms with Gasteiger partial charge in [-0.25, -0.2) is 14.4 Å². The number of esters is 1. The molecule has 3 atom stereocenters. The highest BCUT2D eigenvalue weighted by atomic mass is 16.8. The maximum Gasteiger partial charge on any atom is 0.509 e. The van der Waals surface area contributed by atoms with E-state index < -0.39 is 49.2 Å². The van der Waals surface area contributed by atoms with Crippen molar-refractivity contribution in [2.45, 2.75) is 31.0 Å². The first kappa shape index (κ1) is 23.0. The minimum Gasteiger partial charge on any atom is -0.452 e. The number of hydrogen-bond donors (Lipinski definition) is 2. The Morgan fingerprint density at radius 3 is 1.97 bits per heavy atom. The third kappa shape index (κ3) is 5.74. The van der Waals surface area contributed by atoms with Gasteiger partial charge < -0.3 is 34.5 Å². The first-order chi connectivity index (χ1) is 15.4. The lowest BCUT2D eigenvalue weighted by atomic mass is 9.96. The van der Waals surface area contributed by atoms with Crippen molar-refractivity contribution in [1.29, 1.82) is 0 Å². The molecule has 0 unspecified atom stereocenters. The molecule has 0 amide bonds. The number of ether oxygens (including phenoxy) is 5. The summed E-state index contributed by atoms with van der Waals surface area (Å²) in [5.41, 5.74) is 4.65. The van der Waals surface area contributed by atoms with Crippen LogP contribution in [0.2, 0.25) is 0 Å². The van der Waals surface area contributed by atoms with Crippen molar-refractivity contribution in [1.82, 2.24) is 0 Å². The van der Waals surface area contributed by atoms with Gasteiger partial charge in [-0.1, -0.05) is 60.7 Å². The topological polar surface area (TPSA) is 144 Å². The summed E-state index contributed by atoms with van der Waals surface area (Å²) >= 11 is 0. The first-order valence-corrected chi connectivity index (χ1v) is 9.76. The van der Waals surface area contributed by atoms with E-state index in [4.69, 9.17) is 29.4 Å². The van der Waals surface area contributed by atoms with Crippen molar-refractivity contribution in [3.63, 3.8) is 0 Å². The molecular formula is C22H23NO9. The maximum absolute atomic E-state index is 12.1. The summed E-state index contributed by atoms with van der Waals surface area (Å²) in [5.74, 6) is -1.10. The summed E-state index contributed by atoms with van der Waals surface area (Å²) in [6.07, 6.45) is -5.03. The van der Waals surface area contributed by atoms with E-state index >= 15 is 0 Å². The maximum atomic E-state index is 12.1. The molecule has 0 radical (unpaired) electrons. The zero-order chi connectivity index (χ0) is 23.0. The van der Waals surface area contributed by atoms with E-state index in [1.54, 1.807) is 54.6 Å². The monoisotopic (exact) mass is 445 g/mol. The summed E-state index contributed by atoms with van der Waals surface area (Å²) in [4.78, 5) is 36.1. The summed E-state index contributed by atoms with van der Waals surface area (Å²) in [6, 6.07) is 17.7. The van der Waals surface area contributed by atoms with Gasteiger partial charge in [0.1, 0.15) is 19.8 Å². The summed E-state index contributed by atoms with van der Waals surface area (Å²) < 4.78 is 25.1. The van der Waals surface area contributed by atoms with Crippen molar-refractivity contribution in [3.05, 3.63) is 71.8 Å². The van der Waals surface area contributed by atoms with Gasteiger partial charge in [0, 0.05) is 6.54 Å². The van der Waals surface area contributed by atoms with E-state index in [9.17, 15) is 19.5 Å². The smallest absolute Gasteiger partial charge is 0.452 e. The van der Waals surface area contributed by atoms with Crippen LogP contribution in [0.3, 0.4) is 0 Å². The highest BCUT2D eigenvalue weighted by Gasteiger charge is 2.59. The molecular weight excluding hydrogens is 422 g/mol. The number of hydrogen-bond acceptors (Lipinski definition) is 10. The molecule has 0 bridgehead atoms. The molecule has 1 heterocycles. The lowest BCUT2D eigenvalue weighted by Crippen LogP contribution is -2.54. The van der Waals surface area contributed by atoms with Crippen molar-refractivity contribution in [3.8, 4) is 0 Å². The van der Waals surface area contributed by atoms with Gasteiger partial charge in [0.05, 0.1) is 0 Å². The van der Waals surface area contributed by atoms with Crippen LogP contribution in [0.15, 0.2) is 60.7 Å². The Bertz CT molecular complexity index is 922. The molecule has 3 rings (SSSR count). The fraction of sp³-hybridized carbons (Fsp3) is 0.318. The second kappa shape index (κ2) is 10.6. The number of nitrogens with two attached hydrogens (primary N) is 1. The van der Waals surface area contributed by atoms with Crippen LogP contribution >= 0.6 is 0 Å². The van der Waals surface area contributed by atoms with Crippen LogP contribution in [0.4, 0.5) is 9.59 Å². The minimum atomic E-state index is -2.31. The van der Waals surface area contributed by atoms with Gasteiger partial charge in [-0.2, -0.15) is 0 Å². The standard InChI is InChI=1S/C22H23NO9/c23-14-22(27)18(32-21(26)29-12-16-9-5-2-6-10-16)17(31-19(22)24)13-30-20(25)28-11-15-7-3-1-4-8-15/h1-10,17-18,27H,11-14,23H2/t17-,18-,22+/m1/s1. The lowest BCUT2D eigenvalue weighted by molar-refractivity contribution is -0.156.